The van der Waals surface area contributed by atoms with Gasteiger partial charge in [0.05, 0.1) is 35.8 Å². The molecule has 0 spiro atoms. The Bertz CT molecular complexity index is 969. The molecule has 4 N–H and O–H groups in total. The highest BCUT2D eigenvalue weighted by Crippen LogP contribution is 2.34. The van der Waals surface area contributed by atoms with Crippen molar-refractivity contribution in [3.63, 3.8) is 0 Å². The lowest BCUT2D eigenvalue weighted by atomic mass is 10.1. The number of carbonyl (C=O) groups excluding carboxylic acids is 1. The van der Waals surface area contributed by atoms with Crippen molar-refractivity contribution in [3.05, 3.63) is 18.1 Å². The maximum absolute atomic E-state index is 11.4. The number of rotatable bonds is 5. The van der Waals surface area contributed by atoms with Gasteiger partial charge in [0.2, 0.25) is 5.91 Å². The lowest BCUT2D eigenvalue weighted by molar-refractivity contribution is -0.120. The molecule has 9 heteroatoms. The number of ether oxygens (including phenoxy) is 2. The maximum Gasteiger partial charge on any atom is 0.220 e. The molecule has 3 rings (SSSR count). The predicted octanol–water partition coefficient (Wildman–Crippen LogP) is 1.35. The first-order chi connectivity index (χ1) is 14.2. The first kappa shape index (κ1) is 22.0. The normalized spacial score (nSPS) is 21.4. The fraction of sp³-hybridized carbons (Fsp3) is 0.571. The number of nitrogens with one attached hydrogen (secondary N) is 1. The summed E-state index contributed by atoms with van der Waals surface area (Å²) in [5.41, 5.74) is 6.98. The number of aliphatic hydroxyl groups is 1. The van der Waals surface area contributed by atoms with Crippen LogP contribution in [0.5, 0.6) is 0 Å². The number of anilines is 1. The molecule has 1 aliphatic rings. The van der Waals surface area contributed by atoms with Gasteiger partial charge >= 0.3 is 0 Å². The number of nitrogens with zero attached hydrogens (tertiary/aromatic N) is 3. The number of hydrogen-bond acceptors (Lipinski definition) is 7. The summed E-state index contributed by atoms with van der Waals surface area (Å²) < 4.78 is 13.7. The second-order valence-electron chi connectivity index (χ2n) is 8.20. The number of aliphatic hydroxyl groups excluding tert-OH is 1. The van der Waals surface area contributed by atoms with Gasteiger partial charge in [-0.3, -0.25) is 4.79 Å². The smallest absolute Gasteiger partial charge is 0.220 e. The highest BCUT2D eigenvalue weighted by Gasteiger charge is 2.37. The molecule has 3 atom stereocenters. The van der Waals surface area contributed by atoms with Crippen LogP contribution in [0.3, 0.4) is 0 Å². The number of hydrogen-bond donors (Lipinski definition) is 3. The van der Waals surface area contributed by atoms with Crippen LogP contribution in [0.1, 0.15) is 52.3 Å². The second kappa shape index (κ2) is 9.00. The summed E-state index contributed by atoms with van der Waals surface area (Å²) in [7, 11) is 0. The van der Waals surface area contributed by atoms with Crippen LogP contribution >= 0.6 is 0 Å². The quantitative estimate of drug-likeness (QED) is 0.630. The van der Waals surface area contributed by atoms with Gasteiger partial charge in [0.15, 0.2) is 0 Å². The first-order valence-electron chi connectivity index (χ1n) is 10.0. The van der Waals surface area contributed by atoms with Crippen LogP contribution in [-0.2, 0) is 14.3 Å². The average molecular weight is 415 g/mol. The van der Waals surface area contributed by atoms with Crippen molar-refractivity contribution < 1.29 is 19.4 Å². The minimum absolute atomic E-state index is 0.0635. The van der Waals surface area contributed by atoms with E-state index in [9.17, 15) is 9.90 Å². The van der Waals surface area contributed by atoms with Crippen LogP contribution in [-0.4, -0.2) is 56.5 Å². The SMILES string of the molecule is CCC(=O)NCC#Cc1cn([C@H]2CC(O)[C@@H](COC(C)(C)C)O2)c2ncnc(N)c12. The minimum atomic E-state index is -0.659. The fourth-order valence-electron chi connectivity index (χ4n) is 3.20. The largest absolute Gasteiger partial charge is 0.390 e. The Kier molecular flexibility index (Phi) is 6.61. The first-order valence-corrected chi connectivity index (χ1v) is 10.0. The molecule has 1 saturated heterocycles. The molecular formula is C21H29N5O4. The van der Waals surface area contributed by atoms with Gasteiger partial charge in [0.25, 0.3) is 0 Å². The lowest BCUT2D eigenvalue weighted by Gasteiger charge is -2.23. The van der Waals surface area contributed by atoms with E-state index in [-0.39, 0.29) is 18.1 Å². The average Bonchev–Trinajstić information content (AvgIpc) is 3.24. The van der Waals surface area contributed by atoms with E-state index in [0.717, 1.165) is 0 Å². The molecule has 9 nitrogen and oxygen atoms in total. The van der Waals surface area contributed by atoms with Gasteiger partial charge in [-0.05, 0) is 20.8 Å². The Hall–Kier alpha value is -2.67. The highest BCUT2D eigenvalue weighted by molar-refractivity contribution is 5.92. The summed E-state index contributed by atoms with van der Waals surface area (Å²) in [4.78, 5) is 19.8. The molecule has 0 aromatic carbocycles. The van der Waals surface area contributed by atoms with Gasteiger partial charge in [-0.25, -0.2) is 9.97 Å². The van der Waals surface area contributed by atoms with E-state index in [1.807, 2.05) is 25.3 Å². The van der Waals surface area contributed by atoms with Crippen molar-refractivity contribution in [1.29, 1.82) is 0 Å². The molecule has 1 unspecified atom stereocenters. The van der Waals surface area contributed by atoms with Gasteiger partial charge < -0.3 is 30.2 Å². The van der Waals surface area contributed by atoms with Crippen molar-refractivity contribution >= 4 is 22.8 Å². The topological polar surface area (TPSA) is 125 Å². The zero-order valence-corrected chi connectivity index (χ0v) is 17.8. The zero-order chi connectivity index (χ0) is 21.9. The third-order valence-electron chi connectivity index (χ3n) is 4.75. The van der Waals surface area contributed by atoms with Crippen molar-refractivity contribution in [1.82, 2.24) is 19.9 Å². The summed E-state index contributed by atoms with van der Waals surface area (Å²) in [6.07, 6.45) is 2.46. The third kappa shape index (κ3) is 5.08. The maximum atomic E-state index is 11.4. The molecule has 1 amide bonds. The number of fused-ring (bicyclic) bond motifs is 1. The van der Waals surface area contributed by atoms with Crippen molar-refractivity contribution in [2.45, 2.75) is 64.6 Å². The molecule has 3 heterocycles. The predicted molar refractivity (Wildman–Crippen MR) is 112 cm³/mol. The van der Waals surface area contributed by atoms with Crippen LogP contribution in [0.2, 0.25) is 0 Å². The molecule has 0 aliphatic carbocycles. The summed E-state index contributed by atoms with van der Waals surface area (Å²) in [5.74, 6) is 6.21. The van der Waals surface area contributed by atoms with E-state index in [0.29, 0.717) is 41.9 Å². The fourth-order valence-corrected chi connectivity index (χ4v) is 3.20. The zero-order valence-electron chi connectivity index (χ0n) is 17.8. The molecule has 2 aromatic heterocycles. The Labute approximate surface area is 176 Å². The Morgan fingerprint density at radius 1 is 1.47 bits per heavy atom. The van der Waals surface area contributed by atoms with Crippen LogP contribution in [0.4, 0.5) is 5.82 Å². The van der Waals surface area contributed by atoms with Crippen LogP contribution < -0.4 is 11.1 Å². The van der Waals surface area contributed by atoms with Crippen LogP contribution in [0.25, 0.3) is 11.0 Å². The van der Waals surface area contributed by atoms with E-state index in [4.69, 9.17) is 15.2 Å². The highest BCUT2D eigenvalue weighted by atomic mass is 16.6. The van der Waals surface area contributed by atoms with Crippen molar-refractivity contribution in [3.8, 4) is 11.8 Å². The van der Waals surface area contributed by atoms with E-state index >= 15 is 0 Å². The number of amides is 1. The Morgan fingerprint density at radius 3 is 2.93 bits per heavy atom. The van der Waals surface area contributed by atoms with E-state index < -0.39 is 18.4 Å². The summed E-state index contributed by atoms with van der Waals surface area (Å²) >= 11 is 0. The molecule has 1 fully saturated rings. The number of carbonyl (C=O) groups is 1. The number of aromatic nitrogens is 3. The van der Waals surface area contributed by atoms with Gasteiger partial charge in [-0.1, -0.05) is 18.8 Å². The number of nitrogens with two attached hydrogens (primary N) is 1. The molecular weight excluding hydrogens is 386 g/mol. The standard InChI is InChI=1S/C21H29N5O4/c1-5-16(28)23-8-6-7-13-10-26(20-18(13)19(22)24-12-25-20)17-9-14(27)15(30-17)11-29-21(2,3)4/h10,12,14-15,17,27H,5,8-9,11H2,1-4H3,(H,23,28)(H2,22,24,25)/t14?,15-,17-/m1/s1. The summed E-state index contributed by atoms with van der Waals surface area (Å²) in [6.45, 7) is 8.18. The van der Waals surface area contributed by atoms with Crippen molar-refractivity contribution in [2.24, 2.45) is 0 Å². The monoisotopic (exact) mass is 415 g/mol. The third-order valence-corrected chi connectivity index (χ3v) is 4.75. The number of nitrogen functional groups attached to an aromatic ring is 1. The molecule has 0 bridgehead atoms. The van der Waals surface area contributed by atoms with Gasteiger partial charge in [0, 0.05) is 19.0 Å². The second-order valence-corrected chi connectivity index (χ2v) is 8.20. The van der Waals surface area contributed by atoms with Crippen LogP contribution in [0.15, 0.2) is 12.5 Å². The van der Waals surface area contributed by atoms with Crippen LogP contribution in [0, 0.1) is 11.8 Å². The van der Waals surface area contributed by atoms with Gasteiger partial charge in [-0.15, -0.1) is 0 Å². The van der Waals surface area contributed by atoms with E-state index in [1.165, 1.54) is 6.33 Å². The molecule has 162 valence electrons. The lowest BCUT2D eigenvalue weighted by Crippen LogP contribution is -2.31. The minimum Gasteiger partial charge on any atom is -0.390 e. The molecule has 30 heavy (non-hydrogen) atoms. The molecule has 0 saturated carbocycles. The van der Waals surface area contributed by atoms with E-state index in [1.54, 1.807) is 13.1 Å². The molecule has 2 aromatic rings. The van der Waals surface area contributed by atoms with E-state index in [2.05, 4.69) is 27.1 Å². The summed E-state index contributed by atoms with van der Waals surface area (Å²) in [5, 5.41) is 13.8. The summed E-state index contributed by atoms with van der Waals surface area (Å²) in [6, 6.07) is 0. The Balaban J connectivity index is 1.84. The van der Waals surface area contributed by atoms with Crippen molar-refractivity contribution in [2.75, 3.05) is 18.9 Å². The molecule has 0 radical (unpaired) electrons. The van der Waals surface area contributed by atoms with Gasteiger partial charge in [0.1, 0.15) is 30.1 Å². The molecule has 1 aliphatic heterocycles. The van der Waals surface area contributed by atoms with Gasteiger partial charge in [-0.2, -0.15) is 0 Å². The Morgan fingerprint density at radius 2 is 2.23 bits per heavy atom.